The Morgan fingerprint density at radius 3 is 2.83 bits per heavy atom. The van der Waals surface area contributed by atoms with Gasteiger partial charge in [-0.15, -0.1) is 0 Å². The Hall–Kier alpha value is -2.66. The van der Waals surface area contributed by atoms with Crippen LogP contribution in [0.15, 0.2) is 48.9 Å². The molecule has 0 fully saturated rings. The van der Waals surface area contributed by atoms with Crippen LogP contribution in [0, 0.1) is 0 Å². The Bertz CT molecular complexity index is 826. The van der Waals surface area contributed by atoms with Crippen molar-refractivity contribution in [2.75, 3.05) is 18.5 Å². The number of hydrogen-bond acceptors (Lipinski definition) is 4. The van der Waals surface area contributed by atoms with Gasteiger partial charge in [-0.1, -0.05) is 12.1 Å². The summed E-state index contributed by atoms with van der Waals surface area (Å²) < 4.78 is 1.80. The van der Waals surface area contributed by atoms with Crippen LogP contribution in [0.2, 0.25) is 0 Å². The maximum atomic E-state index is 9.21. The molecule has 0 amide bonds. The van der Waals surface area contributed by atoms with Gasteiger partial charge < -0.3 is 10.4 Å². The average molecular weight is 306 g/mol. The molecule has 0 saturated heterocycles. The van der Waals surface area contributed by atoms with Crippen molar-refractivity contribution in [3.63, 3.8) is 0 Å². The van der Waals surface area contributed by atoms with Crippen molar-refractivity contribution in [3.8, 4) is 22.4 Å². The summed E-state index contributed by atoms with van der Waals surface area (Å²) in [6, 6.07) is 10.4. The van der Waals surface area contributed by atoms with Gasteiger partial charge in [0, 0.05) is 41.9 Å². The number of nitrogens with zero attached hydrogens (tertiary/aromatic N) is 3. The lowest BCUT2D eigenvalue weighted by molar-refractivity contribution is 0.269. The van der Waals surface area contributed by atoms with Gasteiger partial charge in [-0.2, -0.15) is 5.10 Å². The number of aliphatic hydroxyl groups excluding tert-OH is 1. The zero-order valence-corrected chi connectivity index (χ0v) is 12.7. The van der Waals surface area contributed by atoms with Crippen molar-refractivity contribution < 1.29 is 5.11 Å². The molecule has 1 aliphatic heterocycles. The van der Waals surface area contributed by atoms with E-state index in [4.69, 9.17) is 0 Å². The molecule has 2 aromatic heterocycles. The van der Waals surface area contributed by atoms with Gasteiger partial charge in [-0.25, -0.2) is 0 Å². The summed E-state index contributed by atoms with van der Waals surface area (Å²) in [7, 11) is 0. The highest BCUT2D eigenvalue weighted by Crippen LogP contribution is 2.34. The van der Waals surface area contributed by atoms with Crippen LogP contribution in [0.5, 0.6) is 0 Å². The van der Waals surface area contributed by atoms with Crippen molar-refractivity contribution in [2.24, 2.45) is 0 Å². The number of benzene rings is 1. The number of fused-ring (bicyclic) bond motifs is 1. The molecule has 23 heavy (non-hydrogen) atoms. The molecule has 1 aliphatic rings. The molecule has 4 rings (SSSR count). The van der Waals surface area contributed by atoms with E-state index < -0.39 is 0 Å². The van der Waals surface area contributed by atoms with E-state index in [9.17, 15) is 5.11 Å². The largest absolute Gasteiger partial charge is 0.394 e. The molecule has 3 heterocycles. The van der Waals surface area contributed by atoms with Gasteiger partial charge in [0.15, 0.2) is 0 Å². The number of rotatable bonds is 4. The van der Waals surface area contributed by atoms with Gasteiger partial charge in [0.05, 0.1) is 13.2 Å². The standard InChI is InChI=1S/C18H18N4O/c23-10-9-22-12-16(18(21-22)14-3-6-19-7-4-14)15-2-1-13-5-8-20-17(13)11-15/h1-4,6-7,11-12,20,23H,5,8-10H2. The number of anilines is 1. The predicted octanol–water partition coefficient (Wildman–Crippen LogP) is 2.57. The second-order valence-corrected chi connectivity index (χ2v) is 5.66. The third-order valence-corrected chi connectivity index (χ3v) is 4.18. The maximum Gasteiger partial charge on any atom is 0.100 e. The molecule has 0 aliphatic carbocycles. The molecule has 0 atom stereocenters. The first-order chi connectivity index (χ1) is 11.3. The lowest BCUT2D eigenvalue weighted by atomic mass is 10.0. The van der Waals surface area contributed by atoms with Gasteiger partial charge >= 0.3 is 0 Å². The quantitative estimate of drug-likeness (QED) is 0.777. The summed E-state index contributed by atoms with van der Waals surface area (Å²) in [5.41, 5.74) is 6.72. The molecule has 1 aromatic carbocycles. The number of aliphatic hydroxyl groups is 1. The molecule has 0 saturated carbocycles. The summed E-state index contributed by atoms with van der Waals surface area (Å²) in [5, 5.41) is 17.3. The molecule has 0 bridgehead atoms. The van der Waals surface area contributed by atoms with Crippen LogP contribution >= 0.6 is 0 Å². The molecule has 0 unspecified atom stereocenters. The van der Waals surface area contributed by atoms with Crippen LogP contribution in [0.1, 0.15) is 5.56 Å². The first kappa shape index (κ1) is 14.0. The summed E-state index contributed by atoms with van der Waals surface area (Å²) in [6.45, 7) is 1.56. The molecule has 0 radical (unpaired) electrons. The lowest BCUT2D eigenvalue weighted by Crippen LogP contribution is -2.02. The SMILES string of the molecule is OCCn1cc(-c2ccc3c(c2)NCC3)c(-c2ccncc2)n1. The summed E-state index contributed by atoms with van der Waals surface area (Å²) in [4.78, 5) is 4.08. The highest BCUT2D eigenvalue weighted by atomic mass is 16.3. The fourth-order valence-electron chi connectivity index (χ4n) is 3.03. The van der Waals surface area contributed by atoms with Crippen LogP contribution in [-0.2, 0) is 13.0 Å². The molecule has 116 valence electrons. The second-order valence-electron chi connectivity index (χ2n) is 5.66. The summed E-state index contributed by atoms with van der Waals surface area (Å²) in [6.07, 6.45) is 6.63. The maximum absolute atomic E-state index is 9.21. The van der Waals surface area contributed by atoms with Gasteiger partial charge in [0.25, 0.3) is 0 Å². The summed E-state index contributed by atoms with van der Waals surface area (Å²) in [5.74, 6) is 0. The van der Waals surface area contributed by atoms with Crippen LogP contribution in [-0.4, -0.2) is 33.0 Å². The van der Waals surface area contributed by atoms with Gasteiger partial charge in [0.2, 0.25) is 0 Å². The fourth-order valence-corrected chi connectivity index (χ4v) is 3.03. The van der Waals surface area contributed by atoms with Crippen LogP contribution in [0.3, 0.4) is 0 Å². The molecular weight excluding hydrogens is 288 g/mol. The molecule has 5 nitrogen and oxygen atoms in total. The van der Waals surface area contributed by atoms with Crippen molar-refractivity contribution in [1.82, 2.24) is 14.8 Å². The minimum atomic E-state index is 0.0721. The highest BCUT2D eigenvalue weighted by Gasteiger charge is 2.16. The van der Waals surface area contributed by atoms with E-state index in [2.05, 4.69) is 33.6 Å². The Kier molecular flexibility index (Phi) is 3.55. The molecule has 3 aromatic rings. The van der Waals surface area contributed by atoms with E-state index in [0.29, 0.717) is 6.54 Å². The lowest BCUT2D eigenvalue weighted by Gasteiger charge is -2.06. The summed E-state index contributed by atoms with van der Waals surface area (Å²) >= 11 is 0. The van der Waals surface area contributed by atoms with E-state index in [-0.39, 0.29) is 6.61 Å². The Morgan fingerprint density at radius 2 is 2.00 bits per heavy atom. The number of hydrogen-bond donors (Lipinski definition) is 2. The van der Waals surface area contributed by atoms with Gasteiger partial charge in [0.1, 0.15) is 5.69 Å². The second kappa shape index (κ2) is 5.85. The monoisotopic (exact) mass is 306 g/mol. The highest BCUT2D eigenvalue weighted by molar-refractivity contribution is 5.82. The Labute approximate surface area is 134 Å². The number of aromatic nitrogens is 3. The van der Waals surface area contributed by atoms with E-state index in [1.54, 1.807) is 17.1 Å². The molecule has 0 spiro atoms. The smallest absolute Gasteiger partial charge is 0.100 e. The first-order valence-corrected chi connectivity index (χ1v) is 7.81. The predicted molar refractivity (Wildman–Crippen MR) is 90.2 cm³/mol. The van der Waals surface area contributed by atoms with E-state index in [1.165, 1.54) is 11.3 Å². The van der Waals surface area contributed by atoms with Crippen molar-refractivity contribution in [2.45, 2.75) is 13.0 Å². The van der Waals surface area contributed by atoms with Gasteiger partial charge in [-0.3, -0.25) is 9.67 Å². The fraction of sp³-hybridized carbons (Fsp3) is 0.222. The van der Waals surface area contributed by atoms with Crippen LogP contribution < -0.4 is 5.32 Å². The Morgan fingerprint density at radius 1 is 1.13 bits per heavy atom. The Balaban J connectivity index is 1.83. The van der Waals surface area contributed by atoms with E-state index in [1.807, 2.05) is 18.3 Å². The van der Waals surface area contributed by atoms with Gasteiger partial charge in [-0.05, 0) is 35.7 Å². The zero-order valence-electron chi connectivity index (χ0n) is 12.7. The van der Waals surface area contributed by atoms with Crippen molar-refractivity contribution in [3.05, 3.63) is 54.5 Å². The minimum Gasteiger partial charge on any atom is -0.394 e. The van der Waals surface area contributed by atoms with Crippen molar-refractivity contribution in [1.29, 1.82) is 0 Å². The van der Waals surface area contributed by atoms with E-state index in [0.717, 1.165) is 35.3 Å². The van der Waals surface area contributed by atoms with Crippen LogP contribution in [0.25, 0.3) is 22.4 Å². The molecular formula is C18H18N4O. The zero-order chi connectivity index (χ0) is 15.6. The average Bonchev–Trinajstić information content (AvgIpc) is 3.22. The third-order valence-electron chi connectivity index (χ3n) is 4.18. The molecule has 5 heteroatoms. The topological polar surface area (TPSA) is 63.0 Å². The minimum absolute atomic E-state index is 0.0721. The van der Waals surface area contributed by atoms with E-state index >= 15 is 0 Å². The molecule has 2 N–H and O–H groups in total. The number of pyridine rings is 1. The van der Waals surface area contributed by atoms with Crippen LogP contribution in [0.4, 0.5) is 5.69 Å². The normalized spacial score (nSPS) is 12.9. The van der Waals surface area contributed by atoms with Crippen molar-refractivity contribution >= 4 is 5.69 Å². The first-order valence-electron chi connectivity index (χ1n) is 7.81. The number of nitrogens with one attached hydrogen (secondary N) is 1. The third kappa shape index (κ3) is 2.59.